The van der Waals surface area contributed by atoms with Crippen molar-refractivity contribution in [1.82, 2.24) is 10.6 Å². The van der Waals surface area contributed by atoms with E-state index in [0.29, 0.717) is 6.54 Å². The van der Waals surface area contributed by atoms with Crippen LogP contribution in [0.5, 0.6) is 0 Å². The summed E-state index contributed by atoms with van der Waals surface area (Å²) in [5.41, 5.74) is 1.29. The lowest BCUT2D eigenvalue weighted by Crippen LogP contribution is -2.35. The fourth-order valence-corrected chi connectivity index (χ4v) is 2.42. The Morgan fingerprint density at radius 3 is 2.48 bits per heavy atom. The van der Waals surface area contributed by atoms with Crippen LogP contribution in [0.2, 0.25) is 0 Å². The summed E-state index contributed by atoms with van der Waals surface area (Å²) in [5, 5.41) is 8.94. The van der Waals surface area contributed by atoms with Gasteiger partial charge in [-0.3, -0.25) is 4.79 Å². The van der Waals surface area contributed by atoms with E-state index in [-0.39, 0.29) is 17.9 Å². The van der Waals surface area contributed by atoms with Gasteiger partial charge in [0.1, 0.15) is 0 Å². The normalized spacial score (nSPS) is 12.6. The van der Waals surface area contributed by atoms with Crippen molar-refractivity contribution >= 4 is 16.7 Å². The third-order valence-electron chi connectivity index (χ3n) is 3.69. The molecule has 0 bridgehead atoms. The van der Waals surface area contributed by atoms with Crippen molar-refractivity contribution in [2.75, 3.05) is 13.1 Å². The Hall–Kier alpha value is -1.87. The summed E-state index contributed by atoms with van der Waals surface area (Å²) in [5.74, 6) is 0.148. The van der Waals surface area contributed by atoms with Crippen molar-refractivity contribution in [1.29, 1.82) is 0 Å². The molecule has 0 aliphatic heterocycles. The summed E-state index contributed by atoms with van der Waals surface area (Å²) in [6, 6.07) is 15.1. The van der Waals surface area contributed by atoms with Crippen LogP contribution in [0, 0.1) is 5.92 Å². The number of carbonyl (C=O) groups is 1. The molecule has 2 aromatic carbocycles. The number of carbonyl (C=O) groups excluding carboxylic acids is 1. The highest BCUT2D eigenvalue weighted by Gasteiger charge is 2.09. The molecule has 2 rings (SSSR count). The van der Waals surface area contributed by atoms with Crippen molar-refractivity contribution in [3.8, 4) is 0 Å². The molecule has 0 fully saturated rings. The second-order valence-electron chi connectivity index (χ2n) is 5.69. The highest BCUT2D eigenvalue weighted by atomic mass is 16.1. The maximum atomic E-state index is 11.5. The Morgan fingerprint density at radius 2 is 1.71 bits per heavy atom. The Balaban J connectivity index is 1.93. The predicted molar refractivity (Wildman–Crippen MR) is 88.2 cm³/mol. The maximum Gasteiger partial charge on any atom is 0.222 e. The largest absolute Gasteiger partial charge is 0.355 e. The van der Waals surface area contributed by atoms with Gasteiger partial charge in [-0.05, 0) is 23.3 Å². The van der Waals surface area contributed by atoms with E-state index in [0.717, 1.165) is 6.54 Å². The first-order valence-electron chi connectivity index (χ1n) is 7.58. The second kappa shape index (κ2) is 7.23. The van der Waals surface area contributed by atoms with Gasteiger partial charge < -0.3 is 10.6 Å². The van der Waals surface area contributed by atoms with E-state index in [9.17, 15) is 4.79 Å². The number of nitrogens with one attached hydrogen (secondary N) is 2. The molecule has 0 heterocycles. The number of rotatable bonds is 6. The van der Waals surface area contributed by atoms with Gasteiger partial charge in [0.05, 0.1) is 0 Å². The fraction of sp³-hybridized carbons (Fsp3) is 0.389. The summed E-state index contributed by atoms with van der Waals surface area (Å²) in [7, 11) is 0. The Kier molecular flexibility index (Phi) is 5.34. The monoisotopic (exact) mass is 284 g/mol. The first kappa shape index (κ1) is 15.5. The van der Waals surface area contributed by atoms with Crippen LogP contribution in [0.25, 0.3) is 10.8 Å². The summed E-state index contributed by atoms with van der Waals surface area (Å²) in [4.78, 5) is 11.5. The van der Waals surface area contributed by atoms with Crippen LogP contribution in [0.15, 0.2) is 42.5 Å². The van der Waals surface area contributed by atoms with Gasteiger partial charge in [-0.15, -0.1) is 0 Å². The molecule has 1 atom stereocenters. The number of hydrogen-bond acceptors (Lipinski definition) is 2. The Morgan fingerprint density at radius 1 is 1.00 bits per heavy atom. The van der Waals surface area contributed by atoms with Crippen molar-refractivity contribution in [3.63, 3.8) is 0 Å². The standard InChI is InChI=1S/C18H24N2O/c1-13(2)18(21)20-12-11-19-14(3)16-10-6-8-15-7-4-5-9-17(15)16/h4-10,13-14,19H,11-12H2,1-3H3,(H,20,21). The molecule has 0 aliphatic carbocycles. The van der Waals surface area contributed by atoms with E-state index < -0.39 is 0 Å². The van der Waals surface area contributed by atoms with Crippen molar-refractivity contribution in [2.45, 2.75) is 26.8 Å². The maximum absolute atomic E-state index is 11.5. The van der Waals surface area contributed by atoms with E-state index >= 15 is 0 Å². The second-order valence-corrected chi connectivity index (χ2v) is 5.69. The van der Waals surface area contributed by atoms with Crippen LogP contribution >= 0.6 is 0 Å². The molecule has 0 saturated carbocycles. The molecule has 0 aromatic heterocycles. The molecule has 0 aliphatic rings. The molecular formula is C18H24N2O. The van der Waals surface area contributed by atoms with Crippen molar-refractivity contribution in [2.24, 2.45) is 5.92 Å². The van der Waals surface area contributed by atoms with Crippen LogP contribution in [-0.4, -0.2) is 19.0 Å². The lowest BCUT2D eigenvalue weighted by Gasteiger charge is -2.17. The van der Waals surface area contributed by atoms with Crippen LogP contribution < -0.4 is 10.6 Å². The van der Waals surface area contributed by atoms with Crippen LogP contribution in [0.4, 0.5) is 0 Å². The predicted octanol–water partition coefficient (Wildman–Crippen LogP) is 3.26. The van der Waals surface area contributed by atoms with E-state index in [2.05, 4.69) is 60.0 Å². The average molecular weight is 284 g/mol. The number of amides is 1. The Bertz CT molecular complexity index is 602. The molecule has 1 amide bonds. The quantitative estimate of drug-likeness (QED) is 0.799. The Labute approximate surface area is 126 Å². The minimum absolute atomic E-state index is 0.0421. The molecule has 21 heavy (non-hydrogen) atoms. The van der Waals surface area contributed by atoms with E-state index in [1.165, 1.54) is 16.3 Å². The lowest BCUT2D eigenvalue weighted by molar-refractivity contribution is -0.123. The molecule has 2 aromatic rings. The molecule has 0 saturated heterocycles. The van der Waals surface area contributed by atoms with Gasteiger partial charge in [-0.25, -0.2) is 0 Å². The van der Waals surface area contributed by atoms with Crippen LogP contribution in [0.1, 0.15) is 32.4 Å². The highest BCUT2D eigenvalue weighted by Crippen LogP contribution is 2.23. The lowest BCUT2D eigenvalue weighted by atomic mass is 10.00. The van der Waals surface area contributed by atoms with Crippen LogP contribution in [-0.2, 0) is 4.79 Å². The molecule has 0 radical (unpaired) electrons. The zero-order valence-corrected chi connectivity index (χ0v) is 13.0. The molecule has 112 valence electrons. The zero-order chi connectivity index (χ0) is 15.2. The zero-order valence-electron chi connectivity index (χ0n) is 13.0. The molecule has 1 unspecified atom stereocenters. The third-order valence-corrected chi connectivity index (χ3v) is 3.69. The molecule has 0 spiro atoms. The molecule has 2 N–H and O–H groups in total. The van der Waals surface area contributed by atoms with Gasteiger partial charge in [0, 0.05) is 25.0 Å². The summed E-state index contributed by atoms with van der Waals surface area (Å²) >= 11 is 0. The summed E-state index contributed by atoms with van der Waals surface area (Å²) in [6.07, 6.45) is 0. The van der Waals surface area contributed by atoms with Crippen molar-refractivity contribution < 1.29 is 4.79 Å². The van der Waals surface area contributed by atoms with Gasteiger partial charge in [0.25, 0.3) is 0 Å². The summed E-state index contributed by atoms with van der Waals surface area (Å²) in [6.45, 7) is 7.39. The van der Waals surface area contributed by atoms with E-state index in [1.807, 2.05) is 13.8 Å². The topological polar surface area (TPSA) is 41.1 Å². The van der Waals surface area contributed by atoms with E-state index in [1.54, 1.807) is 0 Å². The smallest absolute Gasteiger partial charge is 0.222 e. The number of benzene rings is 2. The average Bonchev–Trinajstić information content (AvgIpc) is 2.50. The fourth-order valence-electron chi connectivity index (χ4n) is 2.42. The van der Waals surface area contributed by atoms with Gasteiger partial charge in [0.15, 0.2) is 0 Å². The molecule has 3 heteroatoms. The van der Waals surface area contributed by atoms with Gasteiger partial charge >= 0.3 is 0 Å². The number of fused-ring (bicyclic) bond motifs is 1. The first-order valence-corrected chi connectivity index (χ1v) is 7.58. The van der Waals surface area contributed by atoms with Gasteiger partial charge in [-0.2, -0.15) is 0 Å². The molecular weight excluding hydrogens is 260 g/mol. The summed E-state index contributed by atoms with van der Waals surface area (Å²) < 4.78 is 0. The van der Waals surface area contributed by atoms with Gasteiger partial charge in [0.2, 0.25) is 5.91 Å². The first-order chi connectivity index (χ1) is 10.1. The van der Waals surface area contributed by atoms with Crippen LogP contribution in [0.3, 0.4) is 0 Å². The SMILES string of the molecule is CC(C)C(=O)NCCNC(C)c1cccc2ccccc12. The molecule has 3 nitrogen and oxygen atoms in total. The van der Waals surface area contributed by atoms with E-state index in [4.69, 9.17) is 0 Å². The minimum atomic E-state index is 0.0421. The number of hydrogen-bond donors (Lipinski definition) is 2. The van der Waals surface area contributed by atoms with Crippen molar-refractivity contribution in [3.05, 3.63) is 48.0 Å². The van der Waals surface area contributed by atoms with Gasteiger partial charge in [-0.1, -0.05) is 56.3 Å². The highest BCUT2D eigenvalue weighted by molar-refractivity contribution is 5.86. The minimum Gasteiger partial charge on any atom is -0.355 e. The third kappa shape index (κ3) is 4.05.